The van der Waals surface area contributed by atoms with Gasteiger partial charge < -0.3 is 10.5 Å². The highest BCUT2D eigenvalue weighted by atomic mass is 16.5. The summed E-state index contributed by atoms with van der Waals surface area (Å²) in [7, 11) is 1.69. The molecule has 1 aromatic heterocycles. The fourth-order valence-electron chi connectivity index (χ4n) is 2.18. The first-order chi connectivity index (χ1) is 9.08. The van der Waals surface area contributed by atoms with Gasteiger partial charge in [0.1, 0.15) is 5.75 Å². The highest BCUT2D eigenvalue weighted by Crippen LogP contribution is 2.20. The molecular weight excluding hydrogens is 238 g/mol. The van der Waals surface area contributed by atoms with Crippen LogP contribution in [0.5, 0.6) is 5.75 Å². The third-order valence-corrected chi connectivity index (χ3v) is 3.01. The van der Waals surface area contributed by atoms with Crippen LogP contribution in [-0.4, -0.2) is 22.9 Å². The van der Waals surface area contributed by atoms with Crippen molar-refractivity contribution in [3.63, 3.8) is 0 Å². The van der Waals surface area contributed by atoms with Crippen LogP contribution in [0.1, 0.15) is 23.6 Å². The van der Waals surface area contributed by atoms with Gasteiger partial charge in [-0.25, -0.2) is 0 Å². The van der Waals surface area contributed by atoms with Gasteiger partial charge in [-0.3, -0.25) is 4.68 Å². The molecular formula is C15H21N3O. The van der Waals surface area contributed by atoms with Crippen LogP contribution in [-0.2, 0) is 13.0 Å². The van der Waals surface area contributed by atoms with Gasteiger partial charge in [0.25, 0.3) is 0 Å². The Morgan fingerprint density at radius 1 is 1.42 bits per heavy atom. The minimum atomic E-state index is 0.158. The standard InChI is InChI=1S/C15H21N3O/c1-11-4-5-15(19-3)14(6-11)10-18-9-13(8-17-18)7-12(2)16/h4-6,8-9,12H,7,10,16H2,1-3H3. The molecule has 1 atom stereocenters. The maximum atomic E-state index is 5.79. The molecule has 0 saturated carbocycles. The quantitative estimate of drug-likeness (QED) is 0.895. The Hall–Kier alpha value is -1.81. The summed E-state index contributed by atoms with van der Waals surface area (Å²) < 4.78 is 7.31. The Morgan fingerprint density at radius 3 is 2.89 bits per heavy atom. The highest BCUT2D eigenvalue weighted by molar-refractivity contribution is 5.37. The molecule has 0 aliphatic heterocycles. The smallest absolute Gasteiger partial charge is 0.123 e. The van der Waals surface area contributed by atoms with Crippen molar-refractivity contribution < 1.29 is 4.74 Å². The van der Waals surface area contributed by atoms with Crippen molar-refractivity contribution >= 4 is 0 Å². The Labute approximate surface area is 114 Å². The molecule has 0 spiro atoms. The van der Waals surface area contributed by atoms with E-state index in [2.05, 4.69) is 18.1 Å². The van der Waals surface area contributed by atoms with Crippen LogP contribution in [0.15, 0.2) is 30.6 Å². The molecule has 0 aliphatic rings. The van der Waals surface area contributed by atoms with Crippen LogP contribution in [0.3, 0.4) is 0 Å². The summed E-state index contributed by atoms with van der Waals surface area (Å²) in [5.41, 5.74) is 9.32. The van der Waals surface area contributed by atoms with Crippen LogP contribution in [0.25, 0.3) is 0 Å². The zero-order chi connectivity index (χ0) is 13.8. The SMILES string of the molecule is COc1ccc(C)cc1Cn1cc(CC(C)N)cn1. The van der Waals surface area contributed by atoms with E-state index in [1.807, 2.05) is 36.1 Å². The van der Waals surface area contributed by atoms with E-state index in [0.29, 0.717) is 6.54 Å². The second kappa shape index (κ2) is 5.89. The molecule has 0 amide bonds. The van der Waals surface area contributed by atoms with Gasteiger partial charge in [-0.05, 0) is 31.9 Å². The number of methoxy groups -OCH3 is 1. The maximum Gasteiger partial charge on any atom is 0.123 e. The number of hydrogen-bond donors (Lipinski definition) is 1. The second-order valence-electron chi connectivity index (χ2n) is 5.04. The largest absolute Gasteiger partial charge is 0.496 e. The van der Waals surface area contributed by atoms with Crippen LogP contribution in [0.4, 0.5) is 0 Å². The summed E-state index contributed by atoms with van der Waals surface area (Å²) >= 11 is 0. The number of aryl methyl sites for hydroxylation is 1. The normalized spacial score (nSPS) is 12.4. The van der Waals surface area contributed by atoms with Gasteiger partial charge in [-0.1, -0.05) is 17.7 Å². The van der Waals surface area contributed by atoms with Crippen molar-refractivity contribution in [2.75, 3.05) is 7.11 Å². The van der Waals surface area contributed by atoms with Crippen LogP contribution in [0, 0.1) is 6.92 Å². The van der Waals surface area contributed by atoms with Crippen molar-refractivity contribution in [1.29, 1.82) is 0 Å². The van der Waals surface area contributed by atoms with E-state index in [1.165, 1.54) is 11.1 Å². The monoisotopic (exact) mass is 259 g/mol. The minimum absolute atomic E-state index is 0.158. The molecule has 0 aliphatic carbocycles. The molecule has 1 heterocycles. The van der Waals surface area contributed by atoms with Crippen molar-refractivity contribution in [2.45, 2.75) is 32.9 Å². The lowest BCUT2D eigenvalue weighted by Crippen LogP contribution is -2.17. The molecule has 1 aromatic carbocycles. The predicted molar refractivity (Wildman–Crippen MR) is 76.4 cm³/mol. The van der Waals surface area contributed by atoms with E-state index in [9.17, 15) is 0 Å². The molecule has 0 fully saturated rings. The molecule has 0 saturated heterocycles. The topological polar surface area (TPSA) is 53.1 Å². The van der Waals surface area contributed by atoms with E-state index in [1.54, 1.807) is 7.11 Å². The van der Waals surface area contributed by atoms with Crippen LogP contribution >= 0.6 is 0 Å². The number of nitrogens with zero attached hydrogens (tertiary/aromatic N) is 2. The second-order valence-corrected chi connectivity index (χ2v) is 5.04. The van der Waals surface area contributed by atoms with E-state index in [4.69, 9.17) is 10.5 Å². The van der Waals surface area contributed by atoms with E-state index < -0.39 is 0 Å². The zero-order valence-electron chi connectivity index (χ0n) is 11.8. The molecule has 0 radical (unpaired) electrons. The van der Waals surface area contributed by atoms with Gasteiger partial charge in [0.2, 0.25) is 0 Å². The number of hydrogen-bond acceptors (Lipinski definition) is 3. The summed E-state index contributed by atoms with van der Waals surface area (Å²) in [4.78, 5) is 0. The van der Waals surface area contributed by atoms with Crippen molar-refractivity contribution in [3.8, 4) is 5.75 Å². The maximum absolute atomic E-state index is 5.79. The van der Waals surface area contributed by atoms with Gasteiger partial charge in [-0.2, -0.15) is 5.10 Å². The Kier molecular flexibility index (Phi) is 4.22. The lowest BCUT2D eigenvalue weighted by Gasteiger charge is -2.09. The Morgan fingerprint density at radius 2 is 2.21 bits per heavy atom. The number of rotatable bonds is 5. The van der Waals surface area contributed by atoms with Crippen LogP contribution < -0.4 is 10.5 Å². The van der Waals surface area contributed by atoms with Gasteiger partial charge in [0.05, 0.1) is 19.9 Å². The van der Waals surface area contributed by atoms with Crippen molar-refractivity contribution in [3.05, 3.63) is 47.3 Å². The molecule has 2 N–H and O–H groups in total. The Balaban J connectivity index is 2.16. The summed E-state index contributed by atoms with van der Waals surface area (Å²) in [6, 6.07) is 6.33. The average Bonchev–Trinajstić information content (AvgIpc) is 2.76. The summed E-state index contributed by atoms with van der Waals surface area (Å²) in [5.74, 6) is 0.898. The first-order valence-electron chi connectivity index (χ1n) is 6.49. The lowest BCUT2D eigenvalue weighted by molar-refractivity contribution is 0.407. The third-order valence-electron chi connectivity index (χ3n) is 3.01. The van der Waals surface area contributed by atoms with Gasteiger partial charge in [0.15, 0.2) is 0 Å². The molecule has 4 heteroatoms. The molecule has 19 heavy (non-hydrogen) atoms. The third kappa shape index (κ3) is 3.58. The summed E-state index contributed by atoms with van der Waals surface area (Å²) in [6.07, 6.45) is 4.78. The lowest BCUT2D eigenvalue weighted by atomic mass is 10.1. The molecule has 2 rings (SSSR count). The van der Waals surface area contributed by atoms with E-state index in [0.717, 1.165) is 17.7 Å². The fraction of sp³-hybridized carbons (Fsp3) is 0.400. The van der Waals surface area contributed by atoms with Crippen molar-refractivity contribution in [1.82, 2.24) is 9.78 Å². The fourth-order valence-corrected chi connectivity index (χ4v) is 2.18. The first-order valence-corrected chi connectivity index (χ1v) is 6.49. The molecule has 0 bridgehead atoms. The number of aromatic nitrogens is 2. The summed E-state index contributed by atoms with van der Waals surface area (Å²) in [6.45, 7) is 4.79. The average molecular weight is 259 g/mol. The van der Waals surface area contributed by atoms with E-state index in [-0.39, 0.29) is 6.04 Å². The van der Waals surface area contributed by atoms with Gasteiger partial charge in [0, 0.05) is 17.8 Å². The minimum Gasteiger partial charge on any atom is -0.496 e. The van der Waals surface area contributed by atoms with E-state index >= 15 is 0 Å². The van der Waals surface area contributed by atoms with Crippen molar-refractivity contribution in [2.24, 2.45) is 5.73 Å². The number of nitrogens with two attached hydrogens (primary N) is 1. The molecule has 1 unspecified atom stereocenters. The first kappa shape index (κ1) is 13.6. The highest BCUT2D eigenvalue weighted by Gasteiger charge is 2.06. The number of ether oxygens (including phenoxy) is 1. The van der Waals surface area contributed by atoms with Gasteiger partial charge in [-0.15, -0.1) is 0 Å². The number of benzene rings is 1. The van der Waals surface area contributed by atoms with Gasteiger partial charge >= 0.3 is 0 Å². The zero-order valence-corrected chi connectivity index (χ0v) is 11.8. The van der Waals surface area contributed by atoms with Crippen LogP contribution in [0.2, 0.25) is 0 Å². The Bertz CT molecular complexity index is 546. The molecule has 102 valence electrons. The predicted octanol–water partition coefficient (Wildman–Crippen LogP) is 2.14. The molecule has 4 nitrogen and oxygen atoms in total. The summed E-state index contributed by atoms with van der Waals surface area (Å²) in [5, 5.41) is 4.38. The molecule has 2 aromatic rings.